The van der Waals surface area contributed by atoms with E-state index < -0.39 is 0 Å². The second-order valence-corrected chi connectivity index (χ2v) is 6.04. The van der Waals surface area contributed by atoms with Gasteiger partial charge in [0.2, 0.25) is 5.95 Å². The molecule has 0 atom stereocenters. The summed E-state index contributed by atoms with van der Waals surface area (Å²) in [5.41, 5.74) is 3.17. The highest BCUT2D eigenvalue weighted by Crippen LogP contribution is 2.30. The third kappa shape index (κ3) is 3.22. The second kappa shape index (κ2) is 7.47. The van der Waals surface area contributed by atoms with E-state index in [9.17, 15) is 4.79 Å². The molecule has 1 heterocycles. The molecule has 0 bridgehead atoms. The summed E-state index contributed by atoms with van der Waals surface area (Å²) in [5.74, 6) is 1.50. The zero-order valence-corrected chi connectivity index (χ0v) is 15.5. The summed E-state index contributed by atoms with van der Waals surface area (Å²) in [7, 11) is 3.15. The van der Waals surface area contributed by atoms with Crippen molar-refractivity contribution in [3.05, 3.63) is 47.5 Å². The van der Waals surface area contributed by atoms with E-state index in [1.807, 2.05) is 35.8 Å². The van der Waals surface area contributed by atoms with Crippen molar-refractivity contribution in [1.29, 1.82) is 0 Å². The van der Waals surface area contributed by atoms with Crippen LogP contribution in [0.3, 0.4) is 0 Å². The molecule has 0 aliphatic rings. The van der Waals surface area contributed by atoms with Crippen LogP contribution in [0.25, 0.3) is 11.0 Å². The van der Waals surface area contributed by atoms with E-state index in [0.29, 0.717) is 23.0 Å². The van der Waals surface area contributed by atoms with Crippen LogP contribution >= 0.6 is 0 Å². The Morgan fingerprint density at radius 2 is 1.81 bits per heavy atom. The SMILES string of the molecule is CCCn1c(NC(=O)c2cc(OC)c(C)c(OC)c2)nc2ccccc21. The number of hydrogen-bond acceptors (Lipinski definition) is 4. The summed E-state index contributed by atoms with van der Waals surface area (Å²) in [6.45, 7) is 4.76. The fourth-order valence-electron chi connectivity index (χ4n) is 3.01. The zero-order valence-electron chi connectivity index (χ0n) is 15.5. The summed E-state index contributed by atoms with van der Waals surface area (Å²) < 4.78 is 12.7. The number of ether oxygens (including phenoxy) is 2. The molecular weight excluding hydrogens is 330 g/mol. The summed E-state index contributed by atoms with van der Waals surface area (Å²) in [6, 6.07) is 11.3. The van der Waals surface area contributed by atoms with E-state index in [4.69, 9.17) is 9.47 Å². The Hall–Kier alpha value is -3.02. The van der Waals surface area contributed by atoms with Crippen LogP contribution in [0, 0.1) is 6.92 Å². The first-order chi connectivity index (χ1) is 12.6. The number of aryl methyl sites for hydroxylation is 1. The molecule has 1 amide bonds. The third-order valence-corrected chi connectivity index (χ3v) is 4.34. The smallest absolute Gasteiger partial charge is 0.258 e. The molecule has 26 heavy (non-hydrogen) atoms. The largest absolute Gasteiger partial charge is 0.496 e. The van der Waals surface area contributed by atoms with Gasteiger partial charge in [0.15, 0.2) is 0 Å². The fraction of sp³-hybridized carbons (Fsp3) is 0.300. The average Bonchev–Trinajstić information content (AvgIpc) is 2.99. The Balaban J connectivity index is 1.98. The lowest BCUT2D eigenvalue weighted by Crippen LogP contribution is -2.16. The van der Waals surface area contributed by atoms with Crippen LogP contribution in [-0.4, -0.2) is 29.7 Å². The van der Waals surface area contributed by atoms with Crippen LogP contribution < -0.4 is 14.8 Å². The van der Waals surface area contributed by atoms with E-state index in [1.165, 1.54) is 0 Å². The molecule has 3 aromatic rings. The van der Waals surface area contributed by atoms with Gasteiger partial charge in [0.05, 0.1) is 25.3 Å². The molecule has 0 saturated heterocycles. The molecule has 0 aliphatic carbocycles. The van der Waals surface area contributed by atoms with Crippen LogP contribution in [0.4, 0.5) is 5.95 Å². The molecule has 0 saturated carbocycles. The molecule has 0 spiro atoms. The first-order valence-corrected chi connectivity index (χ1v) is 8.58. The zero-order chi connectivity index (χ0) is 18.7. The number of fused-ring (bicyclic) bond motifs is 1. The molecule has 0 radical (unpaired) electrons. The fourth-order valence-corrected chi connectivity index (χ4v) is 3.01. The standard InChI is InChI=1S/C20H23N3O3/c1-5-10-23-16-9-7-6-8-15(16)21-20(23)22-19(24)14-11-17(25-3)13(2)18(12-14)26-4/h6-9,11-12H,5,10H2,1-4H3,(H,21,22,24). The molecule has 136 valence electrons. The Kier molecular flexibility index (Phi) is 5.11. The molecule has 3 rings (SSSR count). The number of anilines is 1. The summed E-state index contributed by atoms with van der Waals surface area (Å²) in [6.07, 6.45) is 0.940. The van der Waals surface area contributed by atoms with Gasteiger partial charge in [0.25, 0.3) is 5.91 Å². The van der Waals surface area contributed by atoms with Gasteiger partial charge in [-0.3, -0.25) is 10.1 Å². The van der Waals surface area contributed by atoms with Crippen molar-refractivity contribution in [1.82, 2.24) is 9.55 Å². The molecule has 0 unspecified atom stereocenters. The Bertz CT molecular complexity index is 922. The number of carbonyl (C=O) groups is 1. The van der Waals surface area contributed by atoms with Gasteiger partial charge in [-0.2, -0.15) is 0 Å². The van der Waals surface area contributed by atoms with Crippen LogP contribution in [0.2, 0.25) is 0 Å². The Labute approximate surface area is 152 Å². The molecule has 1 N–H and O–H groups in total. The molecule has 6 nitrogen and oxygen atoms in total. The minimum absolute atomic E-state index is 0.255. The molecule has 1 aromatic heterocycles. The number of hydrogen-bond donors (Lipinski definition) is 1. The quantitative estimate of drug-likeness (QED) is 0.727. The predicted molar refractivity (Wildman–Crippen MR) is 102 cm³/mol. The van der Waals surface area contributed by atoms with Crippen molar-refractivity contribution in [3.8, 4) is 11.5 Å². The van der Waals surface area contributed by atoms with Crippen molar-refractivity contribution < 1.29 is 14.3 Å². The van der Waals surface area contributed by atoms with Crippen molar-refractivity contribution >= 4 is 22.9 Å². The van der Waals surface area contributed by atoms with Gasteiger partial charge < -0.3 is 14.0 Å². The summed E-state index contributed by atoms with van der Waals surface area (Å²) in [4.78, 5) is 17.4. The van der Waals surface area contributed by atoms with E-state index >= 15 is 0 Å². The van der Waals surface area contributed by atoms with Gasteiger partial charge in [0.1, 0.15) is 11.5 Å². The normalized spacial score (nSPS) is 10.8. The molecule has 2 aromatic carbocycles. The minimum atomic E-state index is -0.255. The van der Waals surface area contributed by atoms with Gasteiger partial charge in [-0.1, -0.05) is 19.1 Å². The number of benzene rings is 2. The molecule has 0 fully saturated rings. The van der Waals surface area contributed by atoms with Crippen LogP contribution in [0.5, 0.6) is 11.5 Å². The first-order valence-electron chi connectivity index (χ1n) is 8.58. The van der Waals surface area contributed by atoms with Gasteiger partial charge in [-0.15, -0.1) is 0 Å². The summed E-state index contributed by atoms with van der Waals surface area (Å²) in [5, 5.41) is 2.92. The van der Waals surface area contributed by atoms with Crippen LogP contribution in [0.15, 0.2) is 36.4 Å². The average molecular weight is 353 g/mol. The number of imidazole rings is 1. The van der Waals surface area contributed by atoms with Gasteiger partial charge in [0, 0.05) is 17.7 Å². The topological polar surface area (TPSA) is 65.4 Å². The van der Waals surface area contributed by atoms with Crippen molar-refractivity contribution in [2.45, 2.75) is 26.8 Å². The van der Waals surface area contributed by atoms with Crippen molar-refractivity contribution in [2.24, 2.45) is 0 Å². The summed E-state index contributed by atoms with van der Waals surface area (Å²) >= 11 is 0. The third-order valence-electron chi connectivity index (χ3n) is 4.34. The lowest BCUT2D eigenvalue weighted by Gasteiger charge is -2.13. The number of aromatic nitrogens is 2. The number of nitrogens with one attached hydrogen (secondary N) is 1. The van der Waals surface area contributed by atoms with E-state index in [-0.39, 0.29) is 5.91 Å². The highest BCUT2D eigenvalue weighted by atomic mass is 16.5. The monoisotopic (exact) mass is 353 g/mol. The highest BCUT2D eigenvalue weighted by molar-refractivity contribution is 6.04. The Morgan fingerprint density at radius 3 is 2.42 bits per heavy atom. The maximum Gasteiger partial charge on any atom is 0.258 e. The molecule has 0 aliphatic heterocycles. The predicted octanol–water partition coefficient (Wildman–Crippen LogP) is 4.02. The number of rotatable bonds is 6. The maximum absolute atomic E-state index is 12.8. The number of methoxy groups -OCH3 is 2. The Morgan fingerprint density at radius 1 is 1.15 bits per heavy atom. The van der Waals surface area contributed by atoms with E-state index in [2.05, 4.69) is 17.2 Å². The molecule has 6 heteroatoms. The van der Waals surface area contributed by atoms with Gasteiger partial charge >= 0.3 is 0 Å². The molecular formula is C20H23N3O3. The number of carbonyl (C=O) groups excluding carboxylic acids is 1. The maximum atomic E-state index is 12.8. The van der Waals surface area contributed by atoms with Gasteiger partial charge in [-0.05, 0) is 37.6 Å². The van der Waals surface area contributed by atoms with Crippen LogP contribution in [-0.2, 0) is 6.54 Å². The van der Waals surface area contributed by atoms with Crippen molar-refractivity contribution in [2.75, 3.05) is 19.5 Å². The van der Waals surface area contributed by atoms with E-state index in [1.54, 1.807) is 26.4 Å². The van der Waals surface area contributed by atoms with Crippen LogP contribution in [0.1, 0.15) is 29.3 Å². The van der Waals surface area contributed by atoms with E-state index in [0.717, 1.165) is 29.6 Å². The number of amides is 1. The number of nitrogens with zero attached hydrogens (tertiary/aromatic N) is 2. The van der Waals surface area contributed by atoms with Gasteiger partial charge in [-0.25, -0.2) is 4.98 Å². The second-order valence-electron chi connectivity index (χ2n) is 6.04. The lowest BCUT2D eigenvalue weighted by atomic mass is 10.1. The lowest BCUT2D eigenvalue weighted by molar-refractivity contribution is 0.102. The minimum Gasteiger partial charge on any atom is -0.496 e. The highest BCUT2D eigenvalue weighted by Gasteiger charge is 2.17. The van der Waals surface area contributed by atoms with Crippen molar-refractivity contribution in [3.63, 3.8) is 0 Å². The first kappa shape index (κ1) is 17.8. The number of para-hydroxylation sites is 2.